The molecule has 1 saturated heterocycles. The fourth-order valence-electron chi connectivity index (χ4n) is 4.63. The molecule has 2 amide bonds. The summed E-state index contributed by atoms with van der Waals surface area (Å²) in [5, 5.41) is 2.71. The molecule has 190 valence electrons. The Balaban J connectivity index is 1.73. The molecule has 7 nitrogen and oxygen atoms in total. The number of carbonyl (C=O) groups excluding carboxylic acids is 2. The SMILES string of the molecule is COCC1(N(C(=O)CCNC(=O)OC(C)(C)C)c2ccccc2)CCN(Cc2ccccc2)CC1. The average molecular weight is 482 g/mol. The topological polar surface area (TPSA) is 71.1 Å². The van der Waals surface area contributed by atoms with Crippen LogP contribution < -0.4 is 10.2 Å². The van der Waals surface area contributed by atoms with Crippen molar-refractivity contribution in [1.29, 1.82) is 0 Å². The molecule has 0 spiro atoms. The molecule has 1 heterocycles. The van der Waals surface area contributed by atoms with Crippen LogP contribution in [0.5, 0.6) is 0 Å². The number of para-hydroxylation sites is 1. The second-order valence-corrected chi connectivity index (χ2v) is 10.2. The number of carbonyl (C=O) groups is 2. The number of likely N-dealkylation sites (tertiary alicyclic amines) is 1. The number of methoxy groups -OCH3 is 1. The maximum atomic E-state index is 13.6. The molecule has 2 aromatic rings. The molecule has 0 unspecified atom stereocenters. The highest BCUT2D eigenvalue weighted by Crippen LogP contribution is 2.35. The summed E-state index contributed by atoms with van der Waals surface area (Å²) in [5.41, 5.74) is 1.10. The van der Waals surface area contributed by atoms with E-state index in [1.807, 2.05) is 62.1 Å². The van der Waals surface area contributed by atoms with E-state index in [1.165, 1.54) is 5.56 Å². The molecule has 1 N–H and O–H groups in total. The van der Waals surface area contributed by atoms with Crippen LogP contribution in [0, 0.1) is 0 Å². The number of piperidine rings is 1. The van der Waals surface area contributed by atoms with Gasteiger partial charge in [-0.2, -0.15) is 0 Å². The summed E-state index contributed by atoms with van der Waals surface area (Å²) in [6, 6.07) is 20.2. The normalized spacial score (nSPS) is 15.9. The summed E-state index contributed by atoms with van der Waals surface area (Å²) >= 11 is 0. The Morgan fingerprint density at radius 3 is 2.17 bits per heavy atom. The zero-order valence-electron chi connectivity index (χ0n) is 21.5. The quantitative estimate of drug-likeness (QED) is 0.566. The lowest BCUT2D eigenvalue weighted by Crippen LogP contribution is -2.60. The lowest BCUT2D eigenvalue weighted by atomic mass is 9.85. The molecular weight excluding hydrogens is 442 g/mol. The maximum absolute atomic E-state index is 13.6. The van der Waals surface area contributed by atoms with Gasteiger partial charge in [0.05, 0.1) is 12.1 Å². The standard InChI is InChI=1S/C28H39N3O4/c1-27(2,3)35-26(33)29-18-15-25(32)31(24-13-9-6-10-14-24)28(22-34-4)16-19-30(20-17-28)21-23-11-7-5-8-12-23/h5-14H,15-22H2,1-4H3,(H,29,33). The molecule has 0 aliphatic carbocycles. The minimum absolute atomic E-state index is 0.0409. The van der Waals surface area contributed by atoms with Crippen molar-refractivity contribution in [1.82, 2.24) is 10.2 Å². The molecule has 7 heteroatoms. The Morgan fingerprint density at radius 2 is 1.60 bits per heavy atom. The number of nitrogens with one attached hydrogen (secondary N) is 1. The zero-order valence-corrected chi connectivity index (χ0v) is 21.5. The van der Waals surface area contributed by atoms with Crippen molar-refractivity contribution < 1.29 is 19.1 Å². The summed E-state index contributed by atoms with van der Waals surface area (Å²) in [6.45, 7) is 8.72. The van der Waals surface area contributed by atoms with E-state index in [9.17, 15) is 9.59 Å². The van der Waals surface area contributed by atoms with E-state index >= 15 is 0 Å². The van der Waals surface area contributed by atoms with E-state index in [1.54, 1.807) is 7.11 Å². The first kappa shape index (κ1) is 26.7. The second kappa shape index (κ2) is 12.2. The summed E-state index contributed by atoms with van der Waals surface area (Å²) < 4.78 is 11.0. The molecular formula is C28H39N3O4. The van der Waals surface area contributed by atoms with Gasteiger partial charge in [0, 0.05) is 45.4 Å². The molecule has 0 aromatic heterocycles. The second-order valence-electron chi connectivity index (χ2n) is 10.2. The minimum Gasteiger partial charge on any atom is -0.444 e. The summed E-state index contributed by atoms with van der Waals surface area (Å²) in [4.78, 5) is 30.0. The third-order valence-electron chi connectivity index (χ3n) is 6.19. The number of rotatable bonds is 9. The minimum atomic E-state index is -0.583. The van der Waals surface area contributed by atoms with Gasteiger partial charge < -0.3 is 19.7 Å². The highest BCUT2D eigenvalue weighted by Gasteiger charge is 2.43. The first-order valence-electron chi connectivity index (χ1n) is 12.3. The van der Waals surface area contributed by atoms with Gasteiger partial charge >= 0.3 is 6.09 Å². The lowest BCUT2D eigenvalue weighted by Gasteiger charge is -2.48. The number of amides is 2. The first-order chi connectivity index (χ1) is 16.7. The molecule has 1 fully saturated rings. The Kier molecular flexibility index (Phi) is 9.29. The van der Waals surface area contributed by atoms with Crippen LogP contribution in [0.4, 0.5) is 10.5 Å². The van der Waals surface area contributed by atoms with Crippen LogP contribution >= 0.6 is 0 Å². The van der Waals surface area contributed by atoms with Crippen LogP contribution in [-0.2, 0) is 20.8 Å². The van der Waals surface area contributed by atoms with Crippen LogP contribution in [0.15, 0.2) is 60.7 Å². The van der Waals surface area contributed by atoms with Gasteiger partial charge in [-0.15, -0.1) is 0 Å². The van der Waals surface area contributed by atoms with Crippen LogP contribution in [-0.4, -0.2) is 61.4 Å². The van der Waals surface area contributed by atoms with E-state index in [4.69, 9.17) is 9.47 Å². The monoisotopic (exact) mass is 481 g/mol. The zero-order chi connectivity index (χ0) is 25.3. The van der Waals surface area contributed by atoms with Crippen LogP contribution in [0.25, 0.3) is 0 Å². The van der Waals surface area contributed by atoms with Crippen LogP contribution in [0.2, 0.25) is 0 Å². The number of hydrogen-bond acceptors (Lipinski definition) is 5. The smallest absolute Gasteiger partial charge is 0.407 e. The van der Waals surface area contributed by atoms with Gasteiger partial charge in [0.1, 0.15) is 5.60 Å². The molecule has 0 atom stereocenters. The van der Waals surface area contributed by atoms with Gasteiger partial charge in [-0.25, -0.2) is 4.79 Å². The lowest BCUT2D eigenvalue weighted by molar-refractivity contribution is -0.120. The van der Waals surface area contributed by atoms with E-state index < -0.39 is 17.2 Å². The number of alkyl carbamates (subject to hydrolysis) is 1. The highest BCUT2D eigenvalue weighted by molar-refractivity contribution is 5.95. The van der Waals surface area contributed by atoms with Gasteiger partial charge in [0.15, 0.2) is 0 Å². The summed E-state index contributed by atoms with van der Waals surface area (Å²) in [7, 11) is 1.69. The van der Waals surface area contributed by atoms with Gasteiger partial charge in [-0.05, 0) is 51.3 Å². The van der Waals surface area contributed by atoms with E-state index in [0.29, 0.717) is 6.61 Å². The number of anilines is 1. The molecule has 0 saturated carbocycles. The number of hydrogen-bond donors (Lipinski definition) is 1. The van der Waals surface area contributed by atoms with Gasteiger partial charge in [0.2, 0.25) is 5.91 Å². The van der Waals surface area contributed by atoms with Crippen molar-refractivity contribution in [2.45, 2.75) is 57.7 Å². The Morgan fingerprint density at radius 1 is 1.00 bits per heavy atom. The molecule has 1 aliphatic heterocycles. The van der Waals surface area contributed by atoms with Crippen molar-refractivity contribution >= 4 is 17.7 Å². The van der Waals surface area contributed by atoms with Crippen molar-refractivity contribution in [2.75, 3.05) is 38.3 Å². The molecule has 3 rings (SSSR count). The Labute approximate surface area is 209 Å². The maximum Gasteiger partial charge on any atom is 0.407 e. The third-order valence-corrected chi connectivity index (χ3v) is 6.19. The van der Waals surface area contributed by atoms with Crippen LogP contribution in [0.1, 0.15) is 45.6 Å². The first-order valence-corrected chi connectivity index (χ1v) is 12.3. The predicted molar refractivity (Wildman–Crippen MR) is 138 cm³/mol. The number of nitrogens with zero attached hydrogens (tertiary/aromatic N) is 2. The van der Waals surface area contributed by atoms with Gasteiger partial charge in [0.25, 0.3) is 0 Å². The fraction of sp³-hybridized carbons (Fsp3) is 0.500. The van der Waals surface area contributed by atoms with E-state index in [-0.39, 0.29) is 18.9 Å². The number of benzene rings is 2. The number of ether oxygens (including phenoxy) is 2. The largest absolute Gasteiger partial charge is 0.444 e. The van der Waals surface area contributed by atoms with Gasteiger partial charge in [-0.1, -0.05) is 48.5 Å². The molecule has 1 aliphatic rings. The van der Waals surface area contributed by atoms with Gasteiger partial charge in [-0.3, -0.25) is 9.69 Å². The Hall–Kier alpha value is -2.90. The van der Waals surface area contributed by atoms with E-state index in [2.05, 4.69) is 34.5 Å². The van der Waals surface area contributed by atoms with E-state index in [0.717, 1.165) is 38.2 Å². The highest BCUT2D eigenvalue weighted by atomic mass is 16.6. The van der Waals surface area contributed by atoms with Crippen molar-refractivity contribution in [2.24, 2.45) is 0 Å². The van der Waals surface area contributed by atoms with Crippen molar-refractivity contribution in [3.05, 3.63) is 66.2 Å². The Bertz CT molecular complexity index is 936. The van der Waals surface area contributed by atoms with Crippen molar-refractivity contribution in [3.8, 4) is 0 Å². The third kappa shape index (κ3) is 7.80. The van der Waals surface area contributed by atoms with Crippen LogP contribution in [0.3, 0.4) is 0 Å². The molecule has 0 bridgehead atoms. The van der Waals surface area contributed by atoms with Crippen molar-refractivity contribution in [3.63, 3.8) is 0 Å². The molecule has 35 heavy (non-hydrogen) atoms. The fourth-order valence-corrected chi connectivity index (χ4v) is 4.63. The molecule has 0 radical (unpaired) electrons. The average Bonchev–Trinajstić information content (AvgIpc) is 2.81. The predicted octanol–water partition coefficient (Wildman–Crippen LogP) is 4.62. The summed E-state index contributed by atoms with van der Waals surface area (Å²) in [5.74, 6) is -0.0409. The molecule has 2 aromatic carbocycles. The summed E-state index contributed by atoms with van der Waals surface area (Å²) in [6.07, 6.45) is 1.26.